The van der Waals surface area contributed by atoms with Crippen LogP contribution in [0.3, 0.4) is 0 Å². The van der Waals surface area contributed by atoms with E-state index in [1.165, 1.54) is 18.2 Å². The average Bonchev–Trinajstić information content (AvgIpc) is 3.16. The first kappa shape index (κ1) is 26.7. The summed E-state index contributed by atoms with van der Waals surface area (Å²) in [5.41, 5.74) is -1.71. The fourth-order valence-corrected chi connectivity index (χ4v) is 4.84. The van der Waals surface area contributed by atoms with Crippen LogP contribution in [0.15, 0.2) is 54.6 Å². The minimum atomic E-state index is -5.70. The Morgan fingerprint density at radius 1 is 1.11 bits per heavy atom. The van der Waals surface area contributed by atoms with E-state index in [1.807, 2.05) is 35.8 Å². The molecule has 2 heterocycles. The zero-order valence-electron chi connectivity index (χ0n) is 20.3. The number of carbonyl (C=O) groups excluding carboxylic acids is 1. The fourth-order valence-electron chi connectivity index (χ4n) is 4.39. The summed E-state index contributed by atoms with van der Waals surface area (Å²) in [6.07, 6.45) is 5.56. The SMILES string of the molecule is Cc1cc2ccccc2n1/C=C/C(=O)NCCCCN1CCc2ccc(OS(=O)(=O)C(F)(F)F)cc2C1. The van der Waals surface area contributed by atoms with Crippen LogP contribution in [0.4, 0.5) is 13.2 Å². The number of amides is 1. The van der Waals surface area contributed by atoms with Gasteiger partial charge >= 0.3 is 15.6 Å². The number of nitrogens with zero attached hydrogens (tertiary/aromatic N) is 2. The lowest BCUT2D eigenvalue weighted by Gasteiger charge is -2.29. The van der Waals surface area contributed by atoms with Crippen LogP contribution >= 0.6 is 0 Å². The summed E-state index contributed by atoms with van der Waals surface area (Å²) in [6, 6.07) is 14.2. The Bertz CT molecular complexity index is 1410. The van der Waals surface area contributed by atoms with E-state index < -0.39 is 15.6 Å². The molecule has 2 aromatic carbocycles. The number of alkyl halides is 3. The van der Waals surface area contributed by atoms with Crippen molar-refractivity contribution in [1.82, 2.24) is 14.8 Å². The first-order valence-corrected chi connectivity index (χ1v) is 13.3. The highest BCUT2D eigenvalue weighted by Gasteiger charge is 2.48. The van der Waals surface area contributed by atoms with Crippen molar-refractivity contribution in [3.63, 3.8) is 0 Å². The second kappa shape index (κ2) is 11.0. The Balaban J connectivity index is 1.22. The lowest BCUT2D eigenvalue weighted by atomic mass is 9.99. The molecule has 0 fully saturated rings. The van der Waals surface area contributed by atoms with Crippen molar-refractivity contribution >= 4 is 33.1 Å². The highest BCUT2D eigenvalue weighted by Crippen LogP contribution is 2.29. The van der Waals surface area contributed by atoms with Crippen LogP contribution in [0.1, 0.15) is 29.7 Å². The molecule has 7 nitrogen and oxygen atoms in total. The maximum atomic E-state index is 12.6. The summed E-state index contributed by atoms with van der Waals surface area (Å²) in [6.45, 7) is 4.52. The summed E-state index contributed by atoms with van der Waals surface area (Å²) in [7, 11) is -5.70. The summed E-state index contributed by atoms with van der Waals surface area (Å²) in [4.78, 5) is 14.4. The summed E-state index contributed by atoms with van der Waals surface area (Å²) in [5.74, 6) is -0.526. The van der Waals surface area contributed by atoms with E-state index in [0.717, 1.165) is 53.7 Å². The molecule has 0 radical (unpaired) electrons. The van der Waals surface area contributed by atoms with Crippen LogP contribution in [-0.2, 0) is 27.9 Å². The first-order valence-electron chi connectivity index (χ1n) is 11.9. The normalized spacial score (nSPS) is 14.7. The van der Waals surface area contributed by atoms with Crippen LogP contribution in [0.2, 0.25) is 0 Å². The second-order valence-corrected chi connectivity index (χ2v) is 10.5. The number of aryl methyl sites for hydroxylation is 1. The van der Waals surface area contributed by atoms with Gasteiger partial charge in [-0.2, -0.15) is 21.6 Å². The van der Waals surface area contributed by atoms with Crippen molar-refractivity contribution in [2.75, 3.05) is 19.6 Å². The standard InChI is InChI=1S/C26H28F3N3O4S/c1-19-16-21-6-2-3-7-24(21)32(19)15-11-25(33)30-12-4-5-13-31-14-10-20-8-9-23(17-22(20)18-31)36-37(34,35)26(27,28)29/h2-3,6-9,11,15-17H,4-5,10,12-14,18H2,1H3,(H,30,33)/b15-11+. The van der Waals surface area contributed by atoms with Gasteiger partial charge in [0.15, 0.2) is 0 Å². The van der Waals surface area contributed by atoms with E-state index >= 15 is 0 Å². The Hall–Kier alpha value is -3.31. The number of aromatic nitrogens is 1. The maximum Gasteiger partial charge on any atom is 0.534 e. The number of rotatable bonds is 9. The van der Waals surface area contributed by atoms with E-state index in [1.54, 1.807) is 12.3 Å². The lowest BCUT2D eigenvalue weighted by molar-refractivity contribution is -0.116. The van der Waals surface area contributed by atoms with Gasteiger partial charge in [0, 0.05) is 43.0 Å². The van der Waals surface area contributed by atoms with E-state index in [2.05, 4.69) is 20.5 Å². The Kier molecular flexibility index (Phi) is 7.93. The van der Waals surface area contributed by atoms with Gasteiger partial charge in [-0.25, -0.2) is 0 Å². The van der Waals surface area contributed by atoms with Crippen LogP contribution in [0.25, 0.3) is 17.1 Å². The Morgan fingerprint density at radius 3 is 2.68 bits per heavy atom. The van der Waals surface area contributed by atoms with E-state index in [4.69, 9.17) is 0 Å². The van der Waals surface area contributed by atoms with Crippen molar-refractivity contribution < 1.29 is 30.6 Å². The molecule has 198 valence electrons. The van der Waals surface area contributed by atoms with Crippen molar-refractivity contribution in [2.45, 2.75) is 38.2 Å². The number of hydrogen-bond acceptors (Lipinski definition) is 5. The van der Waals surface area contributed by atoms with Crippen molar-refractivity contribution in [3.8, 4) is 5.75 Å². The molecule has 3 aromatic rings. The van der Waals surface area contributed by atoms with Gasteiger partial charge in [-0.15, -0.1) is 0 Å². The predicted molar refractivity (Wildman–Crippen MR) is 135 cm³/mol. The third kappa shape index (κ3) is 6.53. The van der Waals surface area contributed by atoms with Gasteiger partial charge in [0.1, 0.15) is 5.75 Å². The number of carbonyl (C=O) groups is 1. The monoisotopic (exact) mass is 535 g/mol. The van der Waals surface area contributed by atoms with Gasteiger partial charge in [0.25, 0.3) is 0 Å². The molecule has 0 saturated heterocycles. The molecular weight excluding hydrogens is 507 g/mol. The fraction of sp³-hybridized carbons (Fsp3) is 0.346. The number of unbranched alkanes of at least 4 members (excludes halogenated alkanes) is 1. The second-order valence-electron chi connectivity index (χ2n) is 8.97. The van der Waals surface area contributed by atoms with Gasteiger partial charge < -0.3 is 14.1 Å². The molecule has 1 aromatic heterocycles. The van der Waals surface area contributed by atoms with Gasteiger partial charge in [-0.05, 0) is 68.1 Å². The molecule has 1 aliphatic rings. The first-order chi connectivity index (χ1) is 17.5. The third-order valence-electron chi connectivity index (χ3n) is 6.27. The number of fused-ring (bicyclic) bond motifs is 2. The third-order valence-corrected chi connectivity index (χ3v) is 7.25. The molecule has 0 unspecified atom stereocenters. The van der Waals surface area contributed by atoms with Crippen LogP contribution in [0.5, 0.6) is 5.75 Å². The minimum absolute atomic E-state index is 0.176. The molecule has 0 spiro atoms. The number of nitrogens with one attached hydrogen (secondary N) is 1. The molecular formula is C26H28F3N3O4S. The maximum absolute atomic E-state index is 12.6. The molecule has 1 amide bonds. The summed E-state index contributed by atoms with van der Waals surface area (Å²) in [5, 5.41) is 4.00. The number of benzene rings is 2. The molecule has 0 bridgehead atoms. The molecule has 37 heavy (non-hydrogen) atoms. The minimum Gasteiger partial charge on any atom is -0.376 e. The molecule has 0 saturated carbocycles. The molecule has 1 N–H and O–H groups in total. The van der Waals surface area contributed by atoms with Crippen molar-refractivity contribution in [3.05, 3.63) is 71.4 Å². The highest BCUT2D eigenvalue weighted by atomic mass is 32.2. The molecule has 11 heteroatoms. The zero-order chi connectivity index (χ0) is 26.6. The van der Waals surface area contributed by atoms with Crippen molar-refractivity contribution in [1.29, 1.82) is 0 Å². The van der Waals surface area contributed by atoms with E-state index in [-0.39, 0.29) is 11.7 Å². The van der Waals surface area contributed by atoms with Crippen molar-refractivity contribution in [2.24, 2.45) is 0 Å². The highest BCUT2D eigenvalue weighted by molar-refractivity contribution is 7.88. The Morgan fingerprint density at radius 2 is 1.89 bits per heavy atom. The predicted octanol–water partition coefficient (Wildman–Crippen LogP) is 4.60. The zero-order valence-corrected chi connectivity index (χ0v) is 21.1. The smallest absolute Gasteiger partial charge is 0.376 e. The summed E-state index contributed by atoms with van der Waals surface area (Å²) >= 11 is 0. The number of halogens is 3. The molecule has 0 aliphatic carbocycles. The summed E-state index contributed by atoms with van der Waals surface area (Å²) < 4.78 is 66.6. The van der Waals surface area contributed by atoms with Crippen LogP contribution in [-0.4, -0.2) is 48.9 Å². The quantitative estimate of drug-likeness (QED) is 0.188. The van der Waals surface area contributed by atoms with E-state index in [9.17, 15) is 26.4 Å². The number of para-hydroxylation sites is 1. The van der Waals surface area contributed by atoms with E-state index in [0.29, 0.717) is 19.5 Å². The van der Waals surface area contributed by atoms with Crippen LogP contribution < -0.4 is 9.50 Å². The molecule has 4 rings (SSSR count). The molecule has 1 aliphatic heterocycles. The van der Waals surface area contributed by atoms with Gasteiger partial charge in [-0.3, -0.25) is 9.69 Å². The van der Waals surface area contributed by atoms with Gasteiger partial charge in [0.05, 0.1) is 5.52 Å². The Labute approximate surface area is 213 Å². The average molecular weight is 536 g/mol. The molecule has 0 atom stereocenters. The van der Waals surface area contributed by atoms with Gasteiger partial charge in [-0.1, -0.05) is 24.3 Å². The van der Waals surface area contributed by atoms with Crippen LogP contribution in [0, 0.1) is 6.92 Å². The largest absolute Gasteiger partial charge is 0.534 e. The number of hydrogen-bond donors (Lipinski definition) is 1. The van der Waals surface area contributed by atoms with Gasteiger partial charge in [0.2, 0.25) is 5.91 Å². The topological polar surface area (TPSA) is 80.6 Å². The lowest BCUT2D eigenvalue weighted by Crippen LogP contribution is -2.32.